The summed E-state index contributed by atoms with van der Waals surface area (Å²) >= 11 is 0. The van der Waals surface area contributed by atoms with Gasteiger partial charge >= 0.3 is 0 Å². The third-order valence-corrected chi connectivity index (χ3v) is 9.13. The average Bonchev–Trinajstić information content (AvgIpc) is 2.84. The predicted octanol–water partition coefficient (Wildman–Crippen LogP) is 4.91. The molecule has 112 valence electrons. The summed E-state index contributed by atoms with van der Waals surface area (Å²) in [5, 5.41) is 0.278. The minimum Gasteiger partial charge on any atom is -0.414 e. The van der Waals surface area contributed by atoms with Gasteiger partial charge < -0.3 is 9.16 Å². The highest BCUT2D eigenvalue weighted by atomic mass is 28.4. The van der Waals surface area contributed by atoms with Gasteiger partial charge in [0, 0.05) is 0 Å². The van der Waals surface area contributed by atoms with Crippen LogP contribution in [0.15, 0.2) is 11.6 Å². The highest BCUT2D eigenvalue weighted by Gasteiger charge is 2.52. The van der Waals surface area contributed by atoms with E-state index in [1.54, 1.807) is 0 Å². The van der Waals surface area contributed by atoms with Gasteiger partial charge in [-0.1, -0.05) is 32.4 Å². The molecule has 1 heterocycles. The lowest BCUT2D eigenvalue weighted by Gasteiger charge is -2.36. The average molecular weight is 285 g/mol. The monoisotopic (exact) mass is 284 g/mol. The number of ether oxygens (including phenoxy) is 1. The minimum absolute atomic E-state index is 0.0499. The molecule has 1 fully saturated rings. The van der Waals surface area contributed by atoms with Gasteiger partial charge in [-0.15, -0.1) is 0 Å². The van der Waals surface area contributed by atoms with Crippen molar-refractivity contribution < 1.29 is 9.16 Å². The molecule has 0 N–H and O–H groups in total. The van der Waals surface area contributed by atoms with Gasteiger partial charge in [-0.2, -0.15) is 0 Å². The first-order chi connectivity index (χ1) is 8.48. The Morgan fingerprint density at radius 3 is 2.37 bits per heavy atom. The molecule has 3 heteroatoms. The number of hydrogen-bond acceptors (Lipinski definition) is 2. The highest BCUT2D eigenvalue weighted by Crippen LogP contribution is 2.43. The Morgan fingerprint density at radius 2 is 1.89 bits per heavy atom. The molecule has 1 aliphatic rings. The first kappa shape index (κ1) is 16.9. The van der Waals surface area contributed by atoms with E-state index in [9.17, 15) is 0 Å². The molecule has 0 bridgehead atoms. The zero-order valence-electron chi connectivity index (χ0n) is 14.1. The zero-order valence-corrected chi connectivity index (χ0v) is 15.1. The molecular formula is C16H32O2Si. The Labute approximate surface area is 120 Å². The summed E-state index contributed by atoms with van der Waals surface area (Å²) in [6, 6.07) is 0. The number of rotatable bonds is 6. The van der Waals surface area contributed by atoms with Crippen LogP contribution in [-0.4, -0.2) is 26.6 Å². The lowest BCUT2D eigenvalue weighted by Crippen LogP contribution is -2.42. The highest BCUT2D eigenvalue weighted by molar-refractivity contribution is 6.74. The number of hydrogen-bond donors (Lipinski definition) is 0. The first-order valence-electron chi connectivity index (χ1n) is 7.43. The SMILES string of the molecule is CC(C)=CCC[C@@]1(C)O[C@@H]1CO[Si](C)(C)C(C)(C)C. The van der Waals surface area contributed by atoms with Gasteiger partial charge in [-0.25, -0.2) is 0 Å². The molecule has 0 radical (unpaired) electrons. The van der Waals surface area contributed by atoms with Crippen molar-refractivity contribution in [2.45, 2.75) is 84.2 Å². The van der Waals surface area contributed by atoms with Crippen LogP contribution in [0.4, 0.5) is 0 Å². The Morgan fingerprint density at radius 1 is 1.32 bits per heavy atom. The van der Waals surface area contributed by atoms with Gasteiger partial charge in [0.2, 0.25) is 0 Å². The van der Waals surface area contributed by atoms with Crippen LogP contribution in [0.1, 0.15) is 54.4 Å². The van der Waals surface area contributed by atoms with E-state index in [2.05, 4.69) is 60.7 Å². The molecule has 1 aliphatic heterocycles. The van der Waals surface area contributed by atoms with E-state index in [4.69, 9.17) is 9.16 Å². The van der Waals surface area contributed by atoms with Crippen LogP contribution in [-0.2, 0) is 9.16 Å². The van der Waals surface area contributed by atoms with E-state index >= 15 is 0 Å². The second-order valence-electron chi connectivity index (χ2n) is 7.81. The van der Waals surface area contributed by atoms with Crippen molar-refractivity contribution >= 4 is 8.32 Å². The van der Waals surface area contributed by atoms with Crippen LogP contribution < -0.4 is 0 Å². The molecule has 0 amide bonds. The second kappa shape index (κ2) is 5.70. The lowest BCUT2D eigenvalue weighted by atomic mass is 10.0. The Kier molecular flexibility index (Phi) is 5.08. The van der Waals surface area contributed by atoms with Crippen molar-refractivity contribution in [1.82, 2.24) is 0 Å². The van der Waals surface area contributed by atoms with Crippen LogP contribution in [0.2, 0.25) is 18.1 Å². The van der Waals surface area contributed by atoms with E-state index in [0.29, 0.717) is 6.10 Å². The van der Waals surface area contributed by atoms with Gasteiger partial charge in [-0.3, -0.25) is 0 Å². The van der Waals surface area contributed by atoms with E-state index in [1.165, 1.54) is 5.57 Å². The molecule has 2 nitrogen and oxygen atoms in total. The molecule has 2 atom stereocenters. The normalized spacial score (nSPS) is 27.3. The molecule has 0 saturated carbocycles. The van der Waals surface area contributed by atoms with Gasteiger partial charge in [0.05, 0.1) is 12.2 Å². The molecule has 1 saturated heterocycles. The van der Waals surface area contributed by atoms with Gasteiger partial charge in [0.25, 0.3) is 0 Å². The fraction of sp³-hybridized carbons (Fsp3) is 0.875. The van der Waals surface area contributed by atoms with Crippen LogP contribution in [0.3, 0.4) is 0 Å². The fourth-order valence-corrected chi connectivity index (χ4v) is 2.87. The summed E-state index contributed by atoms with van der Waals surface area (Å²) < 4.78 is 12.1. The molecule has 19 heavy (non-hydrogen) atoms. The molecule has 0 spiro atoms. The molecule has 0 aromatic rings. The van der Waals surface area contributed by atoms with Gasteiger partial charge in [-0.05, 0) is 51.7 Å². The summed E-state index contributed by atoms with van der Waals surface area (Å²) in [5.74, 6) is 0. The van der Waals surface area contributed by atoms with Crippen LogP contribution in [0, 0.1) is 0 Å². The second-order valence-corrected chi connectivity index (χ2v) is 12.6. The zero-order chi connectivity index (χ0) is 14.9. The summed E-state index contributed by atoms with van der Waals surface area (Å²) in [6.45, 7) is 18.7. The summed E-state index contributed by atoms with van der Waals surface area (Å²) in [4.78, 5) is 0. The van der Waals surface area contributed by atoms with Gasteiger partial charge in [0.1, 0.15) is 6.10 Å². The van der Waals surface area contributed by atoms with Crippen LogP contribution >= 0.6 is 0 Å². The lowest BCUT2D eigenvalue weighted by molar-refractivity contribution is 0.235. The van der Waals surface area contributed by atoms with Crippen molar-refractivity contribution in [3.8, 4) is 0 Å². The van der Waals surface area contributed by atoms with Crippen molar-refractivity contribution in [1.29, 1.82) is 0 Å². The van der Waals surface area contributed by atoms with Crippen molar-refractivity contribution in [2.75, 3.05) is 6.61 Å². The van der Waals surface area contributed by atoms with Crippen LogP contribution in [0.5, 0.6) is 0 Å². The summed E-state index contributed by atoms with van der Waals surface area (Å²) in [6.07, 6.45) is 4.80. The quantitative estimate of drug-likeness (QED) is 0.392. The summed E-state index contributed by atoms with van der Waals surface area (Å²) in [5.41, 5.74) is 1.44. The largest absolute Gasteiger partial charge is 0.414 e. The molecular weight excluding hydrogens is 252 g/mol. The number of epoxide rings is 1. The third kappa shape index (κ3) is 4.73. The van der Waals surface area contributed by atoms with E-state index in [-0.39, 0.29) is 10.6 Å². The van der Waals surface area contributed by atoms with Crippen molar-refractivity contribution in [3.05, 3.63) is 11.6 Å². The molecule has 0 unspecified atom stereocenters. The number of allylic oxidation sites excluding steroid dienone is 2. The van der Waals surface area contributed by atoms with Crippen molar-refractivity contribution in [2.24, 2.45) is 0 Å². The first-order valence-corrected chi connectivity index (χ1v) is 10.3. The molecule has 0 aliphatic carbocycles. The Bertz CT molecular complexity index is 337. The maximum atomic E-state index is 6.24. The fourth-order valence-electron chi connectivity index (χ4n) is 1.87. The van der Waals surface area contributed by atoms with Crippen LogP contribution in [0.25, 0.3) is 0 Å². The predicted molar refractivity (Wildman–Crippen MR) is 85.1 cm³/mol. The maximum absolute atomic E-state index is 6.24. The molecule has 0 aromatic heterocycles. The molecule has 0 aromatic carbocycles. The smallest absolute Gasteiger partial charge is 0.192 e. The standard InChI is InChI=1S/C16H32O2Si/c1-13(2)10-9-11-16(6)14(18-16)12-17-19(7,8)15(3,4)5/h10,14H,9,11-12H2,1-8H3/t14-,16-/m1/s1. The van der Waals surface area contributed by atoms with E-state index in [1.807, 2.05) is 0 Å². The Balaban J connectivity index is 2.36. The van der Waals surface area contributed by atoms with E-state index in [0.717, 1.165) is 19.4 Å². The molecule has 1 rings (SSSR count). The summed E-state index contributed by atoms with van der Waals surface area (Å²) in [7, 11) is -1.63. The van der Waals surface area contributed by atoms with Gasteiger partial charge in [0.15, 0.2) is 8.32 Å². The van der Waals surface area contributed by atoms with E-state index < -0.39 is 8.32 Å². The topological polar surface area (TPSA) is 21.8 Å². The Hall–Kier alpha value is -0.123. The minimum atomic E-state index is -1.63. The maximum Gasteiger partial charge on any atom is 0.192 e. The van der Waals surface area contributed by atoms with Crippen molar-refractivity contribution in [3.63, 3.8) is 0 Å². The third-order valence-electron chi connectivity index (χ3n) is 4.63.